The number of halogens is 1. The Morgan fingerprint density at radius 1 is 1.43 bits per heavy atom. The zero-order chi connectivity index (χ0) is 17.5. The van der Waals surface area contributed by atoms with E-state index in [9.17, 15) is 13.2 Å². The molecule has 1 aromatic heterocycles. The van der Waals surface area contributed by atoms with Gasteiger partial charge in [0, 0.05) is 22.8 Å². The van der Waals surface area contributed by atoms with E-state index < -0.39 is 26.2 Å². The van der Waals surface area contributed by atoms with Gasteiger partial charge >= 0.3 is 0 Å². The quantitative estimate of drug-likeness (QED) is 0.665. The Morgan fingerprint density at radius 2 is 2.04 bits per heavy atom. The maximum atomic E-state index is 12.6. The summed E-state index contributed by atoms with van der Waals surface area (Å²) in [6.07, 6.45) is 2.60. The van der Waals surface area contributed by atoms with Crippen molar-refractivity contribution >= 4 is 37.5 Å². The van der Waals surface area contributed by atoms with E-state index in [1.165, 1.54) is 6.20 Å². The maximum Gasteiger partial charge on any atom is 0.269 e. The molecule has 1 saturated carbocycles. The number of nitrogens with two attached hydrogens (primary N) is 1. The van der Waals surface area contributed by atoms with Crippen LogP contribution in [0.15, 0.2) is 16.7 Å². The Bertz CT molecular complexity index is 724. The number of nitrogens with one attached hydrogen (secondary N) is 2. The Labute approximate surface area is 144 Å². The number of hydrogen-bond acceptors (Lipinski definition) is 5. The SMILES string of the molecule is CC(C)(C)NS(=O)(=O)C1(CNc2cc(Br)cnc2C(N)=O)CC1. The summed E-state index contributed by atoms with van der Waals surface area (Å²) in [7, 11) is -3.48. The second kappa shape index (κ2) is 6.03. The van der Waals surface area contributed by atoms with E-state index in [0.717, 1.165) is 0 Å². The van der Waals surface area contributed by atoms with Gasteiger partial charge in [0.1, 0.15) is 4.75 Å². The number of carbonyl (C=O) groups is 1. The van der Waals surface area contributed by atoms with E-state index in [0.29, 0.717) is 23.0 Å². The van der Waals surface area contributed by atoms with Crippen molar-refractivity contribution in [1.82, 2.24) is 9.71 Å². The lowest BCUT2D eigenvalue weighted by Crippen LogP contribution is -2.48. The highest BCUT2D eigenvalue weighted by molar-refractivity contribution is 9.10. The molecule has 0 saturated heterocycles. The van der Waals surface area contributed by atoms with Crippen LogP contribution < -0.4 is 15.8 Å². The Kier molecular flexibility index (Phi) is 4.76. The summed E-state index contributed by atoms with van der Waals surface area (Å²) in [5.41, 5.74) is 5.27. The van der Waals surface area contributed by atoms with E-state index in [-0.39, 0.29) is 12.2 Å². The first-order valence-corrected chi connectivity index (χ1v) is 9.46. The molecular weight excluding hydrogens is 384 g/mol. The third-order valence-corrected chi connectivity index (χ3v) is 6.51. The van der Waals surface area contributed by atoms with Gasteiger partial charge in [-0.25, -0.2) is 18.1 Å². The minimum atomic E-state index is -3.48. The molecule has 1 aliphatic rings. The van der Waals surface area contributed by atoms with Gasteiger partial charge in [0.05, 0.1) is 5.69 Å². The van der Waals surface area contributed by atoms with Crippen LogP contribution in [0.3, 0.4) is 0 Å². The molecule has 1 amide bonds. The third-order valence-electron chi connectivity index (χ3n) is 3.51. The van der Waals surface area contributed by atoms with Crippen LogP contribution in [0.1, 0.15) is 44.1 Å². The fourth-order valence-electron chi connectivity index (χ4n) is 2.22. The second-order valence-corrected chi connectivity index (χ2v) is 9.80. The number of rotatable bonds is 6. The van der Waals surface area contributed by atoms with Gasteiger partial charge in [0.25, 0.3) is 5.91 Å². The summed E-state index contributed by atoms with van der Waals surface area (Å²) in [6, 6.07) is 1.66. The van der Waals surface area contributed by atoms with Crippen molar-refractivity contribution in [3.63, 3.8) is 0 Å². The molecule has 0 aromatic carbocycles. The van der Waals surface area contributed by atoms with Crippen LogP contribution in [0.2, 0.25) is 0 Å². The molecule has 1 fully saturated rings. The summed E-state index contributed by atoms with van der Waals surface area (Å²) in [4.78, 5) is 15.4. The molecule has 0 bridgehead atoms. The van der Waals surface area contributed by atoms with Crippen molar-refractivity contribution < 1.29 is 13.2 Å². The third kappa shape index (κ3) is 4.21. The standard InChI is InChI=1S/C14H21BrN4O3S/c1-13(2,3)19-23(21,22)14(4-5-14)8-18-10-6-9(15)7-17-11(10)12(16)20/h6-7,18-19H,4-5,8H2,1-3H3,(H2,16,20). The van der Waals surface area contributed by atoms with E-state index in [1.54, 1.807) is 26.8 Å². The molecule has 1 aromatic rings. The number of pyridine rings is 1. The molecule has 23 heavy (non-hydrogen) atoms. The van der Waals surface area contributed by atoms with Gasteiger partial charge in [0.2, 0.25) is 10.0 Å². The van der Waals surface area contributed by atoms with Crippen LogP contribution in [0.5, 0.6) is 0 Å². The molecule has 2 rings (SSSR count). The molecule has 0 atom stereocenters. The number of amides is 1. The van der Waals surface area contributed by atoms with Gasteiger partial charge in [-0.2, -0.15) is 0 Å². The van der Waals surface area contributed by atoms with Crippen LogP contribution in [0, 0.1) is 0 Å². The first-order chi connectivity index (χ1) is 10.5. The number of primary amides is 1. The largest absolute Gasteiger partial charge is 0.381 e. The average Bonchev–Trinajstić information content (AvgIpc) is 3.14. The Balaban J connectivity index is 2.18. The highest BCUT2D eigenvalue weighted by Crippen LogP contribution is 2.43. The minimum Gasteiger partial charge on any atom is -0.381 e. The fraction of sp³-hybridized carbons (Fsp3) is 0.571. The number of anilines is 1. The van der Waals surface area contributed by atoms with E-state index >= 15 is 0 Å². The molecule has 128 valence electrons. The maximum absolute atomic E-state index is 12.6. The summed E-state index contributed by atoms with van der Waals surface area (Å²) in [5, 5.41) is 3.02. The van der Waals surface area contributed by atoms with E-state index in [1.807, 2.05) is 0 Å². The second-order valence-electron chi connectivity index (χ2n) is 6.81. The topological polar surface area (TPSA) is 114 Å². The highest BCUT2D eigenvalue weighted by Gasteiger charge is 2.55. The molecular formula is C14H21BrN4O3S. The van der Waals surface area contributed by atoms with Crippen molar-refractivity contribution in [1.29, 1.82) is 0 Å². The monoisotopic (exact) mass is 404 g/mol. The van der Waals surface area contributed by atoms with Crippen LogP contribution in [-0.2, 0) is 10.0 Å². The van der Waals surface area contributed by atoms with Gasteiger partial charge < -0.3 is 11.1 Å². The van der Waals surface area contributed by atoms with Gasteiger partial charge in [-0.3, -0.25) is 4.79 Å². The molecule has 9 heteroatoms. The molecule has 0 radical (unpaired) electrons. The number of nitrogens with zero attached hydrogens (tertiary/aromatic N) is 1. The Hall–Kier alpha value is -1.19. The molecule has 7 nitrogen and oxygen atoms in total. The lowest BCUT2D eigenvalue weighted by atomic mass is 10.1. The van der Waals surface area contributed by atoms with Crippen molar-refractivity contribution in [2.75, 3.05) is 11.9 Å². The first-order valence-electron chi connectivity index (χ1n) is 7.19. The van der Waals surface area contributed by atoms with Crippen molar-refractivity contribution in [2.45, 2.75) is 43.9 Å². The lowest BCUT2D eigenvalue weighted by molar-refractivity contribution is 0.0996. The van der Waals surface area contributed by atoms with Crippen LogP contribution in [0.25, 0.3) is 0 Å². The average molecular weight is 405 g/mol. The fourth-order valence-corrected chi connectivity index (χ4v) is 4.47. The smallest absolute Gasteiger partial charge is 0.269 e. The molecule has 0 spiro atoms. The summed E-state index contributed by atoms with van der Waals surface area (Å²) >= 11 is 3.28. The number of aromatic nitrogens is 1. The van der Waals surface area contributed by atoms with Crippen LogP contribution in [0.4, 0.5) is 5.69 Å². The van der Waals surface area contributed by atoms with Gasteiger partial charge in [-0.1, -0.05) is 0 Å². The van der Waals surface area contributed by atoms with Crippen molar-refractivity contribution in [3.05, 3.63) is 22.4 Å². The molecule has 1 aliphatic carbocycles. The number of hydrogen-bond donors (Lipinski definition) is 3. The van der Waals surface area contributed by atoms with Crippen molar-refractivity contribution in [3.8, 4) is 0 Å². The molecule has 4 N–H and O–H groups in total. The van der Waals surface area contributed by atoms with Gasteiger partial charge in [-0.05, 0) is 55.6 Å². The van der Waals surface area contributed by atoms with Gasteiger partial charge in [-0.15, -0.1) is 0 Å². The number of carbonyl (C=O) groups excluding carboxylic acids is 1. The summed E-state index contributed by atoms with van der Waals surface area (Å²) in [5.74, 6) is -0.666. The van der Waals surface area contributed by atoms with E-state index in [4.69, 9.17) is 5.73 Å². The summed E-state index contributed by atoms with van der Waals surface area (Å²) in [6.45, 7) is 5.60. The lowest BCUT2D eigenvalue weighted by Gasteiger charge is -2.26. The van der Waals surface area contributed by atoms with Crippen LogP contribution in [-0.4, -0.2) is 36.1 Å². The molecule has 1 heterocycles. The predicted octanol–water partition coefficient (Wildman–Crippen LogP) is 1.61. The van der Waals surface area contributed by atoms with Gasteiger partial charge in [0.15, 0.2) is 5.69 Å². The predicted molar refractivity (Wildman–Crippen MR) is 92.7 cm³/mol. The highest BCUT2D eigenvalue weighted by atomic mass is 79.9. The van der Waals surface area contributed by atoms with Crippen LogP contribution >= 0.6 is 15.9 Å². The minimum absolute atomic E-state index is 0.0881. The normalized spacial score (nSPS) is 16.9. The van der Waals surface area contributed by atoms with Crippen molar-refractivity contribution in [2.24, 2.45) is 5.73 Å². The first kappa shape index (κ1) is 18.2. The van der Waals surface area contributed by atoms with E-state index in [2.05, 4.69) is 31.0 Å². The Morgan fingerprint density at radius 3 is 2.52 bits per heavy atom. The molecule has 0 unspecified atom stereocenters. The molecule has 0 aliphatic heterocycles. The number of sulfonamides is 1. The zero-order valence-corrected chi connectivity index (χ0v) is 15.7. The summed E-state index contributed by atoms with van der Waals surface area (Å²) < 4.78 is 27.6. The zero-order valence-electron chi connectivity index (χ0n) is 13.3.